The highest BCUT2D eigenvalue weighted by atomic mass is 16.5. The molecule has 0 saturated heterocycles. The molecule has 0 bridgehead atoms. The van der Waals surface area contributed by atoms with E-state index in [-0.39, 0.29) is 5.91 Å². The second-order valence-corrected chi connectivity index (χ2v) is 6.26. The SMILES string of the molecule is CCOc1cc(C(=O)N(C)Cc2cccnc2)ccc1OCc1ccncc1. The van der Waals surface area contributed by atoms with Crippen molar-refractivity contribution < 1.29 is 14.3 Å². The van der Waals surface area contributed by atoms with Crippen molar-refractivity contribution in [1.29, 1.82) is 0 Å². The predicted octanol–water partition coefficient (Wildman–Crippen LogP) is 3.73. The van der Waals surface area contributed by atoms with Gasteiger partial charge in [-0.15, -0.1) is 0 Å². The number of nitrogens with zero attached hydrogens (tertiary/aromatic N) is 3. The molecule has 2 aromatic heterocycles. The van der Waals surface area contributed by atoms with E-state index < -0.39 is 0 Å². The van der Waals surface area contributed by atoms with Gasteiger partial charge in [0.05, 0.1) is 6.61 Å². The number of carbonyl (C=O) groups is 1. The lowest BCUT2D eigenvalue weighted by Gasteiger charge is -2.18. The third kappa shape index (κ3) is 5.07. The molecule has 144 valence electrons. The van der Waals surface area contributed by atoms with Crippen LogP contribution in [0.25, 0.3) is 0 Å². The number of carbonyl (C=O) groups excluding carboxylic acids is 1. The number of rotatable bonds is 8. The topological polar surface area (TPSA) is 64.5 Å². The fourth-order valence-corrected chi connectivity index (χ4v) is 2.73. The molecule has 1 amide bonds. The number of ether oxygens (including phenoxy) is 2. The number of benzene rings is 1. The largest absolute Gasteiger partial charge is 0.490 e. The van der Waals surface area contributed by atoms with Crippen molar-refractivity contribution in [2.45, 2.75) is 20.1 Å². The molecule has 2 heterocycles. The molecule has 0 fully saturated rings. The summed E-state index contributed by atoms with van der Waals surface area (Å²) >= 11 is 0. The summed E-state index contributed by atoms with van der Waals surface area (Å²) in [7, 11) is 1.77. The Hall–Kier alpha value is -3.41. The van der Waals surface area contributed by atoms with E-state index in [0.29, 0.717) is 36.8 Å². The smallest absolute Gasteiger partial charge is 0.254 e. The number of aromatic nitrogens is 2. The van der Waals surface area contributed by atoms with Gasteiger partial charge in [0.15, 0.2) is 11.5 Å². The molecule has 0 aliphatic heterocycles. The highest BCUT2D eigenvalue weighted by Crippen LogP contribution is 2.30. The van der Waals surface area contributed by atoms with Crippen molar-refractivity contribution in [3.05, 3.63) is 83.9 Å². The van der Waals surface area contributed by atoms with Gasteiger partial charge in [-0.1, -0.05) is 6.07 Å². The van der Waals surface area contributed by atoms with Crippen molar-refractivity contribution >= 4 is 5.91 Å². The van der Waals surface area contributed by atoms with Gasteiger partial charge in [0, 0.05) is 43.9 Å². The summed E-state index contributed by atoms with van der Waals surface area (Å²) in [5.41, 5.74) is 2.53. The molecule has 6 nitrogen and oxygen atoms in total. The Bertz CT molecular complexity index is 901. The maximum Gasteiger partial charge on any atom is 0.254 e. The van der Waals surface area contributed by atoms with Crippen LogP contribution in [0.15, 0.2) is 67.3 Å². The van der Waals surface area contributed by atoms with Crippen LogP contribution in [-0.4, -0.2) is 34.4 Å². The van der Waals surface area contributed by atoms with E-state index in [1.807, 2.05) is 31.2 Å². The van der Waals surface area contributed by atoms with Crippen molar-refractivity contribution in [2.24, 2.45) is 0 Å². The first kappa shape index (κ1) is 19.4. The third-order valence-corrected chi connectivity index (χ3v) is 4.12. The minimum Gasteiger partial charge on any atom is -0.490 e. The highest BCUT2D eigenvalue weighted by Gasteiger charge is 2.16. The molecule has 0 spiro atoms. The predicted molar refractivity (Wildman–Crippen MR) is 106 cm³/mol. The molecule has 6 heteroatoms. The first-order valence-electron chi connectivity index (χ1n) is 9.10. The lowest BCUT2D eigenvalue weighted by molar-refractivity contribution is 0.0784. The third-order valence-electron chi connectivity index (χ3n) is 4.12. The van der Waals surface area contributed by atoms with Gasteiger partial charge in [0.2, 0.25) is 0 Å². The maximum absolute atomic E-state index is 12.8. The Morgan fingerprint density at radius 1 is 0.964 bits per heavy atom. The number of amides is 1. The zero-order valence-electron chi connectivity index (χ0n) is 16.0. The monoisotopic (exact) mass is 377 g/mol. The van der Waals surface area contributed by atoms with Gasteiger partial charge in [-0.2, -0.15) is 0 Å². The minimum atomic E-state index is -0.0921. The molecule has 0 aliphatic rings. The standard InChI is InChI=1S/C22H23N3O3/c1-3-27-21-13-19(22(26)25(2)15-18-5-4-10-24-14-18)6-7-20(21)28-16-17-8-11-23-12-9-17/h4-14H,3,15-16H2,1-2H3. The number of hydrogen-bond acceptors (Lipinski definition) is 5. The van der Waals surface area contributed by atoms with Crippen LogP contribution in [0.5, 0.6) is 11.5 Å². The Balaban J connectivity index is 1.72. The Morgan fingerprint density at radius 3 is 2.50 bits per heavy atom. The normalized spacial score (nSPS) is 10.4. The Kier molecular flexibility index (Phi) is 6.57. The molecule has 0 atom stereocenters. The van der Waals surface area contributed by atoms with Gasteiger partial charge < -0.3 is 14.4 Å². The zero-order valence-corrected chi connectivity index (χ0v) is 16.0. The Morgan fingerprint density at radius 2 is 1.79 bits per heavy atom. The first-order valence-corrected chi connectivity index (χ1v) is 9.10. The number of hydrogen-bond donors (Lipinski definition) is 0. The van der Waals surface area contributed by atoms with Crippen LogP contribution in [-0.2, 0) is 13.2 Å². The van der Waals surface area contributed by atoms with Crippen LogP contribution in [0.3, 0.4) is 0 Å². The van der Waals surface area contributed by atoms with Gasteiger partial charge in [-0.05, 0) is 54.4 Å². The minimum absolute atomic E-state index is 0.0921. The summed E-state index contributed by atoms with van der Waals surface area (Å²) in [6.07, 6.45) is 6.92. The molecule has 0 aliphatic carbocycles. The van der Waals surface area contributed by atoms with Gasteiger partial charge in [-0.3, -0.25) is 14.8 Å². The Labute approximate surface area is 164 Å². The second-order valence-electron chi connectivity index (χ2n) is 6.26. The molecular formula is C22H23N3O3. The molecule has 0 radical (unpaired) electrons. The summed E-state index contributed by atoms with van der Waals surface area (Å²) in [6, 6.07) is 12.8. The van der Waals surface area contributed by atoms with Gasteiger partial charge in [0.1, 0.15) is 6.61 Å². The van der Waals surface area contributed by atoms with Gasteiger partial charge in [0.25, 0.3) is 5.91 Å². The van der Waals surface area contributed by atoms with Crippen molar-refractivity contribution in [1.82, 2.24) is 14.9 Å². The van der Waals surface area contributed by atoms with Crippen LogP contribution < -0.4 is 9.47 Å². The van der Waals surface area contributed by atoms with E-state index >= 15 is 0 Å². The lowest BCUT2D eigenvalue weighted by atomic mass is 10.1. The fourth-order valence-electron chi connectivity index (χ4n) is 2.73. The molecule has 28 heavy (non-hydrogen) atoms. The zero-order chi connectivity index (χ0) is 19.8. The molecular weight excluding hydrogens is 354 g/mol. The summed E-state index contributed by atoms with van der Waals surface area (Å²) in [4.78, 5) is 22.5. The van der Waals surface area contributed by atoms with E-state index in [1.165, 1.54) is 0 Å². The average molecular weight is 377 g/mol. The molecule has 0 saturated carbocycles. The van der Waals surface area contributed by atoms with Crippen LogP contribution in [0.1, 0.15) is 28.4 Å². The van der Waals surface area contributed by atoms with Crippen LogP contribution >= 0.6 is 0 Å². The second kappa shape index (κ2) is 9.50. The average Bonchev–Trinajstić information content (AvgIpc) is 2.74. The van der Waals surface area contributed by atoms with Gasteiger partial charge >= 0.3 is 0 Å². The maximum atomic E-state index is 12.8. The summed E-state index contributed by atoms with van der Waals surface area (Å²) in [5.74, 6) is 1.06. The van der Waals surface area contributed by atoms with Crippen LogP contribution in [0, 0.1) is 0 Å². The summed E-state index contributed by atoms with van der Waals surface area (Å²) in [6.45, 7) is 3.26. The fraction of sp³-hybridized carbons (Fsp3) is 0.227. The van der Waals surface area contributed by atoms with Crippen molar-refractivity contribution in [2.75, 3.05) is 13.7 Å². The van der Waals surface area contributed by atoms with E-state index in [4.69, 9.17) is 9.47 Å². The van der Waals surface area contributed by atoms with E-state index in [1.54, 1.807) is 54.9 Å². The molecule has 3 rings (SSSR count). The van der Waals surface area contributed by atoms with E-state index in [9.17, 15) is 4.79 Å². The van der Waals surface area contributed by atoms with Crippen LogP contribution in [0.2, 0.25) is 0 Å². The lowest BCUT2D eigenvalue weighted by Crippen LogP contribution is -2.26. The van der Waals surface area contributed by atoms with Gasteiger partial charge in [-0.25, -0.2) is 0 Å². The molecule has 3 aromatic rings. The molecule has 1 aromatic carbocycles. The number of pyridine rings is 2. The first-order chi connectivity index (χ1) is 13.7. The van der Waals surface area contributed by atoms with Crippen molar-refractivity contribution in [3.8, 4) is 11.5 Å². The quantitative estimate of drug-likeness (QED) is 0.599. The summed E-state index contributed by atoms with van der Waals surface area (Å²) in [5, 5.41) is 0. The van der Waals surface area contributed by atoms with Crippen molar-refractivity contribution in [3.63, 3.8) is 0 Å². The van der Waals surface area contributed by atoms with Crippen LogP contribution in [0.4, 0.5) is 0 Å². The van der Waals surface area contributed by atoms with E-state index in [0.717, 1.165) is 11.1 Å². The highest BCUT2D eigenvalue weighted by molar-refractivity contribution is 5.94. The summed E-state index contributed by atoms with van der Waals surface area (Å²) < 4.78 is 11.6. The molecule has 0 unspecified atom stereocenters. The molecule has 0 N–H and O–H groups in total. The van der Waals surface area contributed by atoms with E-state index in [2.05, 4.69) is 9.97 Å².